The Morgan fingerprint density at radius 2 is 2.11 bits per heavy atom. The summed E-state index contributed by atoms with van der Waals surface area (Å²) in [6, 6.07) is 6.76. The van der Waals surface area contributed by atoms with Crippen molar-refractivity contribution in [2.24, 2.45) is 11.1 Å². The third-order valence-corrected chi connectivity index (χ3v) is 4.78. The van der Waals surface area contributed by atoms with Gasteiger partial charge in [0.25, 0.3) is 0 Å². The molecular formula is C16H20FNO. The highest BCUT2D eigenvalue weighted by Gasteiger charge is 2.40. The van der Waals surface area contributed by atoms with Gasteiger partial charge in [-0.2, -0.15) is 0 Å². The second-order valence-electron chi connectivity index (χ2n) is 5.71. The normalized spacial score (nSPS) is 19.9. The highest BCUT2D eigenvalue weighted by molar-refractivity contribution is 5.78. The summed E-state index contributed by atoms with van der Waals surface area (Å²) in [5.74, 6) is 0.414. The van der Waals surface area contributed by atoms with Gasteiger partial charge in [0.1, 0.15) is 5.76 Å². The van der Waals surface area contributed by atoms with Crippen LogP contribution in [0.25, 0.3) is 11.0 Å². The molecule has 0 spiro atoms. The van der Waals surface area contributed by atoms with E-state index < -0.39 is 0 Å². The number of fused-ring (bicyclic) bond motifs is 1. The molecule has 1 aromatic heterocycles. The van der Waals surface area contributed by atoms with Crippen LogP contribution in [-0.4, -0.2) is 0 Å². The first-order valence-corrected chi connectivity index (χ1v) is 7.10. The lowest BCUT2D eigenvalue weighted by Crippen LogP contribution is -2.31. The van der Waals surface area contributed by atoms with Crippen LogP contribution in [-0.2, 0) is 0 Å². The van der Waals surface area contributed by atoms with Crippen molar-refractivity contribution < 1.29 is 8.81 Å². The summed E-state index contributed by atoms with van der Waals surface area (Å²) in [7, 11) is 0. The molecule has 1 fully saturated rings. The number of nitrogens with two attached hydrogens (primary N) is 1. The Kier molecular flexibility index (Phi) is 3.09. The van der Waals surface area contributed by atoms with Gasteiger partial charge in [0.15, 0.2) is 11.4 Å². The van der Waals surface area contributed by atoms with E-state index in [-0.39, 0.29) is 17.3 Å². The van der Waals surface area contributed by atoms with Crippen molar-refractivity contribution in [3.8, 4) is 0 Å². The highest BCUT2D eigenvalue weighted by atomic mass is 19.1. The molecule has 0 saturated heterocycles. The van der Waals surface area contributed by atoms with Crippen molar-refractivity contribution in [2.45, 2.75) is 45.1 Å². The van der Waals surface area contributed by atoms with Gasteiger partial charge in [-0.15, -0.1) is 0 Å². The maximum absolute atomic E-state index is 13.7. The van der Waals surface area contributed by atoms with Crippen LogP contribution in [0.5, 0.6) is 0 Å². The predicted molar refractivity (Wildman–Crippen MR) is 74.3 cm³/mol. The van der Waals surface area contributed by atoms with Gasteiger partial charge >= 0.3 is 0 Å². The molecule has 1 aromatic carbocycles. The average molecular weight is 261 g/mol. The van der Waals surface area contributed by atoms with Crippen LogP contribution in [0, 0.1) is 11.2 Å². The van der Waals surface area contributed by atoms with Gasteiger partial charge < -0.3 is 10.2 Å². The number of hydrogen-bond acceptors (Lipinski definition) is 2. The number of hydrogen-bond donors (Lipinski definition) is 1. The summed E-state index contributed by atoms with van der Waals surface area (Å²) >= 11 is 0. The first kappa shape index (κ1) is 12.7. The largest absolute Gasteiger partial charge is 0.456 e. The summed E-state index contributed by atoms with van der Waals surface area (Å²) in [6.45, 7) is 2.19. The zero-order valence-electron chi connectivity index (χ0n) is 11.3. The van der Waals surface area contributed by atoms with E-state index in [0.29, 0.717) is 5.58 Å². The molecule has 0 radical (unpaired) electrons. The number of halogens is 1. The maximum atomic E-state index is 13.7. The van der Waals surface area contributed by atoms with Crippen molar-refractivity contribution in [2.75, 3.05) is 0 Å². The van der Waals surface area contributed by atoms with Gasteiger partial charge in [0.2, 0.25) is 0 Å². The third kappa shape index (κ3) is 1.96. The molecule has 3 rings (SSSR count). The van der Waals surface area contributed by atoms with Gasteiger partial charge in [-0.1, -0.05) is 31.9 Å². The molecule has 2 aromatic rings. The highest BCUT2D eigenvalue weighted by Crippen LogP contribution is 2.49. The summed E-state index contributed by atoms with van der Waals surface area (Å²) in [4.78, 5) is 0. The van der Waals surface area contributed by atoms with Gasteiger partial charge in [-0.3, -0.25) is 0 Å². The molecule has 1 atom stereocenters. The van der Waals surface area contributed by atoms with Crippen LogP contribution in [0.1, 0.15) is 50.8 Å². The van der Waals surface area contributed by atoms with Crippen molar-refractivity contribution in [1.82, 2.24) is 0 Å². The SMILES string of the molecule is CCC1(C(N)c2cc3cccc(F)c3o2)CCCC1. The van der Waals surface area contributed by atoms with E-state index in [1.54, 1.807) is 6.07 Å². The van der Waals surface area contributed by atoms with E-state index in [1.807, 2.05) is 12.1 Å². The molecule has 1 heterocycles. The molecule has 1 saturated carbocycles. The van der Waals surface area contributed by atoms with Crippen LogP contribution in [0.2, 0.25) is 0 Å². The quantitative estimate of drug-likeness (QED) is 0.880. The molecule has 1 aliphatic carbocycles. The molecular weight excluding hydrogens is 241 g/mol. The van der Waals surface area contributed by atoms with E-state index in [1.165, 1.54) is 18.9 Å². The maximum Gasteiger partial charge on any atom is 0.169 e. The lowest BCUT2D eigenvalue weighted by Gasteiger charge is -2.32. The molecule has 2 N–H and O–H groups in total. The number of para-hydroxylation sites is 1. The molecule has 0 amide bonds. The smallest absolute Gasteiger partial charge is 0.169 e. The summed E-state index contributed by atoms with van der Waals surface area (Å²) in [5.41, 5.74) is 6.90. The molecule has 1 unspecified atom stereocenters. The Morgan fingerprint density at radius 3 is 2.74 bits per heavy atom. The van der Waals surface area contributed by atoms with Crippen LogP contribution in [0.3, 0.4) is 0 Å². The molecule has 3 heteroatoms. The second kappa shape index (κ2) is 4.64. The van der Waals surface area contributed by atoms with Gasteiger partial charge in [0, 0.05) is 5.39 Å². The van der Waals surface area contributed by atoms with Crippen LogP contribution in [0.4, 0.5) is 4.39 Å². The van der Waals surface area contributed by atoms with Gasteiger partial charge in [0.05, 0.1) is 6.04 Å². The summed E-state index contributed by atoms with van der Waals surface area (Å²) in [5, 5.41) is 0.801. The minimum Gasteiger partial charge on any atom is -0.456 e. The molecule has 0 bridgehead atoms. The molecule has 102 valence electrons. The lowest BCUT2D eigenvalue weighted by atomic mass is 9.75. The standard InChI is InChI=1S/C16H20FNO/c1-2-16(8-3-4-9-16)15(18)13-10-11-6-5-7-12(17)14(11)19-13/h5-7,10,15H,2-4,8-9,18H2,1H3. The van der Waals surface area contributed by atoms with Crippen molar-refractivity contribution in [3.63, 3.8) is 0 Å². The topological polar surface area (TPSA) is 39.2 Å². The van der Waals surface area contributed by atoms with Crippen LogP contribution >= 0.6 is 0 Å². The third-order valence-electron chi connectivity index (χ3n) is 4.78. The Hall–Kier alpha value is -1.35. The number of furan rings is 1. The average Bonchev–Trinajstić information content (AvgIpc) is 3.06. The van der Waals surface area contributed by atoms with E-state index in [0.717, 1.165) is 30.4 Å². The summed E-state index contributed by atoms with van der Waals surface area (Å²) < 4.78 is 19.4. The molecule has 0 aliphatic heterocycles. The van der Waals surface area contributed by atoms with Crippen molar-refractivity contribution >= 4 is 11.0 Å². The Labute approximate surface area is 112 Å². The molecule has 19 heavy (non-hydrogen) atoms. The fourth-order valence-corrected chi connectivity index (χ4v) is 3.47. The van der Waals surface area contributed by atoms with E-state index >= 15 is 0 Å². The van der Waals surface area contributed by atoms with Crippen molar-refractivity contribution in [1.29, 1.82) is 0 Å². The van der Waals surface area contributed by atoms with Gasteiger partial charge in [-0.05, 0) is 36.8 Å². The molecule has 2 nitrogen and oxygen atoms in total. The monoisotopic (exact) mass is 261 g/mol. The van der Waals surface area contributed by atoms with E-state index in [4.69, 9.17) is 10.2 Å². The number of benzene rings is 1. The second-order valence-corrected chi connectivity index (χ2v) is 5.71. The van der Waals surface area contributed by atoms with Crippen LogP contribution in [0.15, 0.2) is 28.7 Å². The fourth-order valence-electron chi connectivity index (χ4n) is 3.47. The Balaban J connectivity index is 2.01. The Bertz CT molecular complexity index is 583. The zero-order chi connectivity index (χ0) is 13.5. The minimum atomic E-state index is -0.312. The number of rotatable bonds is 3. The lowest BCUT2D eigenvalue weighted by molar-refractivity contribution is 0.201. The van der Waals surface area contributed by atoms with Gasteiger partial charge in [-0.25, -0.2) is 4.39 Å². The zero-order valence-corrected chi connectivity index (χ0v) is 11.3. The predicted octanol–water partition coefficient (Wildman–Crippen LogP) is 4.54. The fraction of sp³-hybridized carbons (Fsp3) is 0.500. The van der Waals surface area contributed by atoms with Crippen molar-refractivity contribution in [3.05, 3.63) is 35.8 Å². The van der Waals surface area contributed by atoms with E-state index in [9.17, 15) is 4.39 Å². The Morgan fingerprint density at radius 1 is 1.37 bits per heavy atom. The minimum absolute atomic E-state index is 0.129. The first-order chi connectivity index (χ1) is 9.16. The first-order valence-electron chi connectivity index (χ1n) is 7.10. The van der Waals surface area contributed by atoms with E-state index in [2.05, 4.69) is 6.92 Å². The molecule has 1 aliphatic rings. The summed E-state index contributed by atoms with van der Waals surface area (Å²) in [6.07, 6.45) is 5.80. The van der Waals surface area contributed by atoms with Crippen LogP contribution < -0.4 is 5.73 Å².